The van der Waals surface area contributed by atoms with E-state index in [-0.39, 0.29) is 21.9 Å². The van der Waals surface area contributed by atoms with Crippen LogP contribution in [0.2, 0.25) is 0 Å². The predicted molar refractivity (Wildman–Crippen MR) is 71.2 cm³/mol. The van der Waals surface area contributed by atoms with Gasteiger partial charge in [0.15, 0.2) is 5.82 Å². The van der Waals surface area contributed by atoms with Gasteiger partial charge in [0.05, 0.1) is 28.8 Å². The number of hydrogen-bond donors (Lipinski definition) is 0. The number of ether oxygens (including phenoxy) is 1. The minimum atomic E-state index is -0.468. The van der Waals surface area contributed by atoms with Gasteiger partial charge in [-0.1, -0.05) is 0 Å². The Morgan fingerprint density at radius 1 is 1.63 bits per heavy atom. The van der Waals surface area contributed by atoms with Crippen molar-refractivity contribution >= 4 is 27.6 Å². The molecule has 0 aromatic heterocycles. The average molecular weight is 327 g/mol. The first-order valence-corrected chi connectivity index (χ1v) is 6.58. The normalized spacial score (nSPS) is 18.2. The molecule has 19 heavy (non-hydrogen) atoms. The van der Waals surface area contributed by atoms with Gasteiger partial charge < -0.3 is 9.64 Å². The third-order valence-electron chi connectivity index (χ3n) is 3.25. The lowest BCUT2D eigenvalue weighted by molar-refractivity contribution is -0.144. The number of carbonyl (C=O) groups excluding carboxylic acids is 1. The summed E-state index contributed by atoms with van der Waals surface area (Å²) in [5.41, 5.74) is 0.655. The van der Waals surface area contributed by atoms with Crippen molar-refractivity contribution in [1.29, 1.82) is 5.26 Å². The second-order valence-corrected chi connectivity index (χ2v) is 5.12. The lowest BCUT2D eigenvalue weighted by Gasteiger charge is -2.19. The molecule has 0 radical (unpaired) electrons. The van der Waals surface area contributed by atoms with E-state index in [0.717, 1.165) is 0 Å². The number of nitrogens with zero attached hydrogens (tertiary/aromatic N) is 2. The molecule has 1 aromatic carbocycles. The van der Waals surface area contributed by atoms with Crippen LogP contribution >= 0.6 is 15.9 Å². The van der Waals surface area contributed by atoms with Crippen molar-refractivity contribution in [2.24, 2.45) is 5.92 Å². The van der Waals surface area contributed by atoms with E-state index < -0.39 is 5.82 Å². The van der Waals surface area contributed by atoms with Crippen molar-refractivity contribution in [1.82, 2.24) is 0 Å². The number of benzene rings is 1. The van der Waals surface area contributed by atoms with Crippen LogP contribution in [0.3, 0.4) is 0 Å². The summed E-state index contributed by atoms with van der Waals surface area (Å²) in [6.45, 7) is 1.02. The summed E-state index contributed by atoms with van der Waals surface area (Å²) in [6, 6.07) is 5.04. The lowest BCUT2D eigenvalue weighted by atomic mass is 10.1. The van der Waals surface area contributed by atoms with Crippen LogP contribution in [0, 0.1) is 23.1 Å². The fourth-order valence-electron chi connectivity index (χ4n) is 2.21. The SMILES string of the molecule is COC(=O)C1CCN(c2ccc(C#N)c(Br)c2F)C1. The number of anilines is 1. The molecule has 0 bridgehead atoms. The molecule has 0 N–H and O–H groups in total. The largest absolute Gasteiger partial charge is 0.469 e. The molecule has 100 valence electrons. The highest BCUT2D eigenvalue weighted by molar-refractivity contribution is 9.10. The topological polar surface area (TPSA) is 53.3 Å². The number of hydrogen-bond acceptors (Lipinski definition) is 4. The van der Waals surface area contributed by atoms with Gasteiger partial charge in [-0.2, -0.15) is 5.26 Å². The quantitative estimate of drug-likeness (QED) is 0.783. The van der Waals surface area contributed by atoms with Crippen molar-refractivity contribution in [3.63, 3.8) is 0 Å². The summed E-state index contributed by atoms with van der Waals surface area (Å²) in [5.74, 6) is -0.959. The fourth-order valence-corrected chi connectivity index (χ4v) is 2.63. The van der Waals surface area contributed by atoms with Crippen LogP contribution in [0.15, 0.2) is 16.6 Å². The Balaban J connectivity index is 2.23. The fraction of sp³-hybridized carbons (Fsp3) is 0.385. The molecule has 4 nitrogen and oxygen atoms in total. The zero-order valence-electron chi connectivity index (χ0n) is 10.3. The van der Waals surface area contributed by atoms with Crippen LogP contribution in [0.4, 0.5) is 10.1 Å². The molecule has 1 fully saturated rings. The zero-order valence-corrected chi connectivity index (χ0v) is 11.9. The van der Waals surface area contributed by atoms with Gasteiger partial charge in [0.2, 0.25) is 0 Å². The molecule has 1 saturated heterocycles. The van der Waals surface area contributed by atoms with Gasteiger partial charge in [-0.15, -0.1) is 0 Å². The molecule has 1 heterocycles. The minimum absolute atomic E-state index is 0.161. The highest BCUT2D eigenvalue weighted by Gasteiger charge is 2.30. The molecule has 1 aliphatic heterocycles. The molecule has 2 rings (SSSR count). The number of halogens is 2. The van der Waals surface area contributed by atoms with E-state index in [4.69, 9.17) is 10.00 Å². The summed E-state index contributed by atoms with van der Waals surface area (Å²) in [7, 11) is 1.35. The van der Waals surface area contributed by atoms with Crippen molar-refractivity contribution in [2.75, 3.05) is 25.1 Å². The van der Waals surface area contributed by atoms with Gasteiger partial charge >= 0.3 is 5.97 Å². The first-order chi connectivity index (χ1) is 9.08. The Kier molecular flexibility index (Phi) is 4.05. The summed E-state index contributed by atoms with van der Waals surface area (Å²) in [6.07, 6.45) is 0.643. The number of carbonyl (C=O) groups is 1. The van der Waals surface area contributed by atoms with Crippen molar-refractivity contribution < 1.29 is 13.9 Å². The van der Waals surface area contributed by atoms with Crippen molar-refractivity contribution in [3.05, 3.63) is 28.0 Å². The van der Waals surface area contributed by atoms with Crippen LogP contribution in [0.1, 0.15) is 12.0 Å². The van der Waals surface area contributed by atoms with Crippen LogP contribution in [0.5, 0.6) is 0 Å². The van der Waals surface area contributed by atoms with Crippen LogP contribution in [-0.2, 0) is 9.53 Å². The van der Waals surface area contributed by atoms with Gasteiger partial charge in [0.25, 0.3) is 0 Å². The number of nitriles is 1. The molecule has 0 amide bonds. The van der Waals surface area contributed by atoms with Gasteiger partial charge in [0.1, 0.15) is 6.07 Å². The number of esters is 1. The number of methoxy groups -OCH3 is 1. The van der Waals surface area contributed by atoms with E-state index in [1.807, 2.05) is 6.07 Å². The van der Waals surface area contributed by atoms with Crippen LogP contribution in [-0.4, -0.2) is 26.2 Å². The molecular weight excluding hydrogens is 315 g/mol. The van der Waals surface area contributed by atoms with Crippen LogP contribution in [0.25, 0.3) is 0 Å². The zero-order chi connectivity index (χ0) is 14.0. The third-order valence-corrected chi connectivity index (χ3v) is 4.02. The molecule has 6 heteroatoms. The Bertz CT molecular complexity index is 556. The molecule has 0 saturated carbocycles. The standard InChI is InChI=1S/C13H12BrFN2O2/c1-19-13(18)9-4-5-17(7-9)10-3-2-8(6-16)11(14)12(10)15/h2-3,9H,4-5,7H2,1H3. The van der Waals surface area contributed by atoms with Crippen LogP contribution < -0.4 is 4.90 Å². The predicted octanol–water partition coefficient (Wildman–Crippen LogP) is 2.46. The maximum atomic E-state index is 14.2. The molecular formula is C13H12BrFN2O2. The highest BCUT2D eigenvalue weighted by atomic mass is 79.9. The van der Waals surface area contributed by atoms with Crippen molar-refractivity contribution in [3.8, 4) is 6.07 Å². The van der Waals surface area contributed by atoms with Gasteiger partial charge in [-0.25, -0.2) is 4.39 Å². The second kappa shape index (κ2) is 5.57. The summed E-state index contributed by atoms with van der Waals surface area (Å²) in [4.78, 5) is 13.2. The Labute approximate surface area is 118 Å². The summed E-state index contributed by atoms with van der Waals surface area (Å²) in [5, 5.41) is 8.82. The van der Waals surface area contributed by atoms with E-state index >= 15 is 0 Å². The molecule has 1 aliphatic rings. The van der Waals surface area contributed by atoms with Gasteiger partial charge in [-0.05, 0) is 34.5 Å². The Morgan fingerprint density at radius 3 is 3.00 bits per heavy atom. The molecule has 0 spiro atoms. The maximum Gasteiger partial charge on any atom is 0.310 e. The van der Waals surface area contributed by atoms with E-state index in [2.05, 4.69) is 15.9 Å². The molecule has 1 atom stereocenters. The Hall–Kier alpha value is -1.61. The average Bonchev–Trinajstić information content (AvgIpc) is 2.90. The van der Waals surface area contributed by atoms with E-state index in [0.29, 0.717) is 25.2 Å². The minimum Gasteiger partial charge on any atom is -0.469 e. The molecule has 1 aromatic rings. The third kappa shape index (κ3) is 2.56. The Morgan fingerprint density at radius 2 is 2.37 bits per heavy atom. The maximum absolute atomic E-state index is 14.2. The lowest BCUT2D eigenvalue weighted by Crippen LogP contribution is -2.24. The van der Waals surface area contributed by atoms with Gasteiger partial charge in [-0.3, -0.25) is 4.79 Å². The van der Waals surface area contributed by atoms with Crippen molar-refractivity contribution in [2.45, 2.75) is 6.42 Å². The highest BCUT2D eigenvalue weighted by Crippen LogP contribution is 2.32. The smallest absolute Gasteiger partial charge is 0.310 e. The monoisotopic (exact) mass is 326 g/mol. The number of rotatable bonds is 2. The molecule has 1 unspecified atom stereocenters. The summed E-state index contributed by atoms with van der Waals surface area (Å²) >= 11 is 3.08. The van der Waals surface area contributed by atoms with E-state index in [1.165, 1.54) is 7.11 Å². The van der Waals surface area contributed by atoms with E-state index in [9.17, 15) is 9.18 Å². The first-order valence-electron chi connectivity index (χ1n) is 5.79. The summed E-state index contributed by atoms with van der Waals surface area (Å²) < 4.78 is 19.0. The first kappa shape index (κ1) is 13.8. The van der Waals surface area contributed by atoms with Gasteiger partial charge in [0, 0.05) is 13.1 Å². The second-order valence-electron chi connectivity index (χ2n) is 4.33. The molecule has 0 aliphatic carbocycles. The van der Waals surface area contributed by atoms with E-state index in [1.54, 1.807) is 17.0 Å².